The number of pyridine rings is 2. The van der Waals surface area contributed by atoms with Gasteiger partial charge in [-0.15, -0.1) is 0 Å². The number of aromatic nitrogens is 6. The van der Waals surface area contributed by atoms with E-state index < -0.39 is 5.97 Å². The molecule has 0 radical (unpaired) electrons. The van der Waals surface area contributed by atoms with Crippen LogP contribution in [0.2, 0.25) is 0 Å². The van der Waals surface area contributed by atoms with Gasteiger partial charge in [-0.2, -0.15) is 15.3 Å². The maximum atomic E-state index is 11.9. The lowest BCUT2D eigenvalue weighted by Gasteiger charge is -2.05. The van der Waals surface area contributed by atoms with Crippen molar-refractivity contribution in [1.29, 1.82) is 0 Å². The SMILES string of the molecule is CCOC(=O)c1coc(-c2ccn3ncc(-c4c(C)nn(CC)c4C)c3c2)c1.CCOC(=O)c1coc(-c2ccn3ncc(/C(C(C)=O)=C(\C)O)c3c2)c1. The largest absolute Gasteiger partial charge is 0.512 e. The van der Waals surface area contributed by atoms with E-state index in [0.717, 1.165) is 40.1 Å². The number of fused-ring (bicyclic) bond motifs is 2. The molecule has 0 aromatic carbocycles. The first-order chi connectivity index (χ1) is 25.9. The zero-order valence-electron chi connectivity index (χ0n) is 31.0. The highest BCUT2D eigenvalue weighted by Gasteiger charge is 2.20. The summed E-state index contributed by atoms with van der Waals surface area (Å²) < 4.78 is 26.5. The van der Waals surface area contributed by atoms with Gasteiger partial charge in [-0.25, -0.2) is 18.6 Å². The van der Waals surface area contributed by atoms with Crippen molar-refractivity contribution in [2.75, 3.05) is 13.2 Å². The van der Waals surface area contributed by atoms with Crippen LogP contribution >= 0.6 is 0 Å². The zero-order chi connectivity index (χ0) is 38.7. The molecule has 0 aliphatic heterocycles. The average molecular weight is 733 g/mol. The fraction of sp³-hybridized carbons (Fsp3) is 0.250. The number of aliphatic hydroxyl groups is 1. The van der Waals surface area contributed by atoms with E-state index >= 15 is 0 Å². The first kappa shape index (κ1) is 37.1. The molecular formula is C40H40N6O8. The summed E-state index contributed by atoms with van der Waals surface area (Å²) in [6, 6.07) is 10.8. The lowest BCUT2D eigenvalue weighted by Crippen LogP contribution is -2.02. The average Bonchev–Trinajstić information content (AvgIpc) is 3.99. The lowest BCUT2D eigenvalue weighted by molar-refractivity contribution is -0.111. The summed E-state index contributed by atoms with van der Waals surface area (Å²) in [6.07, 6.45) is 9.76. The number of esters is 2. The molecule has 0 aliphatic carbocycles. The number of nitrogens with zero attached hydrogens (tertiary/aromatic N) is 6. The Morgan fingerprint density at radius 2 is 1.31 bits per heavy atom. The molecule has 1 N–H and O–H groups in total. The van der Waals surface area contributed by atoms with E-state index in [4.69, 9.17) is 18.3 Å². The maximum absolute atomic E-state index is 11.9. The van der Waals surface area contributed by atoms with Crippen LogP contribution in [0.4, 0.5) is 0 Å². The van der Waals surface area contributed by atoms with E-state index in [-0.39, 0.29) is 29.7 Å². The number of carbonyl (C=O) groups is 3. The molecule has 278 valence electrons. The van der Waals surface area contributed by atoms with Crippen LogP contribution in [0.1, 0.15) is 72.3 Å². The van der Waals surface area contributed by atoms with E-state index in [1.807, 2.05) is 40.6 Å². The third-order valence-electron chi connectivity index (χ3n) is 8.77. The van der Waals surface area contributed by atoms with E-state index in [2.05, 4.69) is 29.1 Å². The van der Waals surface area contributed by atoms with Gasteiger partial charge in [0, 0.05) is 52.4 Å². The number of Topliss-reactive ketones (excluding diaryl/α,β-unsaturated/α-hetero) is 1. The summed E-state index contributed by atoms with van der Waals surface area (Å²) in [5, 5.41) is 23.2. The molecule has 54 heavy (non-hydrogen) atoms. The van der Waals surface area contributed by atoms with Gasteiger partial charge in [0.15, 0.2) is 5.78 Å². The van der Waals surface area contributed by atoms with Crippen LogP contribution in [0.15, 0.2) is 88.3 Å². The summed E-state index contributed by atoms with van der Waals surface area (Å²) in [4.78, 5) is 35.6. The quantitative estimate of drug-likeness (QED) is 0.0824. The number of aliphatic hydroxyl groups excluding tert-OH is 1. The first-order valence-corrected chi connectivity index (χ1v) is 17.4. The molecule has 0 fully saturated rings. The van der Waals surface area contributed by atoms with Crippen molar-refractivity contribution in [3.05, 3.63) is 108 Å². The third-order valence-corrected chi connectivity index (χ3v) is 8.77. The molecule has 7 rings (SSSR count). The monoisotopic (exact) mass is 732 g/mol. The Balaban J connectivity index is 0.000000185. The molecule has 0 aliphatic rings. The van der Waals surface area contributed by atoms with Crippen molar-refractivity contribution in [1.82, 2.24) is 29.0 Å². The number of ether oxygens (including phenoxy) is 2. The second-order valence-electron chi connectivity index (χ2n) is 12.3. The van der Waals surface area contributed by atoms with Crippen LogP contribution in [-0.4, -0.2) is 65.1 Å². The van der Waals surface area contributed by atoms with Crippen molar-refractivity contribution in [3.63, 3.8) is 0 Å². The highest BCUT2D eigenvalue weighted by molar-refractivity contribution is 6.21. The minimum atomic E-state index is -0.452. The van der Waals surface area contributed by atoms with Crippen molar-refractivity contribution in [2.45, 2.75) is 55.0 Å². The highest BCUT2D eigenvalue weighted by atomic mass is 16.5. The molecule has 0 unspecified atom stereocenters. The van der Waals surface area contributed by atoms with Gasteiger partial charge in [-0.1, -0.05) is 0 Å². The molecule has 0 atom stereocenters. The Kier molecular flexibility index (Phi) is 10.6. The molecule has 0 bridgehead atoms. The Bertz CT molecular complexity index is 2540. The Labute approximate surface area is 310 Å². The summed E-state index contributed by atoms with van der Waals surface area (Å²) >= 11 is 0. The number of hydrogen-bond donors (Lipinski definition) is 1. The molecule has 7 aromatic heterocycles. The maximum Gasteiger partial charge on any atom is 0.341 e. The Morgan fingerprint density at radius 3 is 1.81 bits per heavy atom. The summed E-state index contributed by atoms with van der Waals surface area (Å²) in [6.45, 7) is 14.0. The summed E-state index contributed by atoms with van der Waals surface area (Å²) in [7, 11) is 0. The number of furan rings is 2. The van der Waals surface area contributed by atoms with E-state index in [0.29, 0.717) is 45.9 Å². The molecule has 0 amide bonds. The molecule has 14 nitrogen and oxygen atoms in total. The van der Waals surface area contributed by atoms with Gasteiger partial charge in [0.2, 0.25) is 0 Å². The minimum absolute atomic E-state index is 0.0691. The van der Waals surface area contributed by atoms with Crippen LogP contribution in [0.3, 0.4) is 0 Å². The van der Waals surface area contributed by atoms with Crippen molar-refractivity contribution in [2.24, 2.45) is 0 Å². The van der Waals surface area contributed by atoms with Gasteiger partial charge < -0.3 is 23.4 Å². The van der Waals surface area contributed by atoms with Crippen LogP contribution in [0.5, 0.6) is 0 Å². The topological polar surface area (TPSA) is 169 Å². The van der Waals surface area contributed by atoms with Gasteiger partial charge in [0.25, 0.3) is 0 Å². The van der Waals surface area contributed by atoms with Gasteiger partial charge in [-0.05, 0) is 84.9 Å². The zero-order valence-corrected chi connectivity index (χ0v) is 31.0. The number of ketones is 1. The molecule has 0 spiro atoms. The fourth-order valence-corrected chi connectivity index (χ4v) is 6.31. The normalized spacial score (nSPS) is 11.7. The molecule has 0 saturated carbocycles. The molecule has 14 heteroatoms. The first-order valence-electron chi connectivity index (χ1n) is 17.4. The second-order valence-corrected chi connectivity index (χ2v) is 12.3. The van der Waals surface area contributed by atoms with Crippen LogP contribution < -0.4 is 0 Å². The fourth-order valence-electron chi connectivity index (χ4n) is 6.31. The number of rotatable bonds is 10. The van der Waals surface area contributed by atoms with Crippen molar-refractivity contribution >= 4 is 34.3 Å². The van der Waals surface area contributed by atoms with E-state index in [9.17, 15) is 19.5 Å². The number of carbonyl (C=O) groups excluding carboxylic acids is 3. The second kappa shape index (κ2) is 15.5. The Morgan fingerprint density at radius 1 is 0.778 bits per heavy atom. The molecule has 7 heterocycles. The van der Waals surface area contributed by atoms with E-state index in [1.165, 1.54) is 32.6 Å². The summed E-state index contributed by atoms with van der Waals surface area (Å²) in [5.74, 6) is -0.0753. The smallest absolute Gasteiger partial charge is 0.341 e. The highest BCUT2D eigenvalue weighted by Crippen LogP contribution is 2.33. The minimum Gasteiger partial charge on any atom is -0.512 e. The number of hydrogen-bond acceptors (Lipinski definition) is 11. The Hall–Kier alpha value is -6.70. The van der Waals surface area contributed by atoms with Gasteiger partial charge in [-0.3, -0.25) is 9.48 Å². The van der Waals surface area contributed by atoms with Crippen LogP contribution in [-0.2, 0) is 20.8 Å². The number of aryl methyl sites for hydroxylation is 2. The molecule has 7 aromatic rings. The predicted octanol–water partition coefficient (Wildman–Crippen LogP) is 7.92. The molecule has 0 saturated heterocycles. The van der Waals surface area contributed by atoms with Crippen molar-refractivity contribution in [3.8, 4) is 33.8 Å². The van der Waals surface area contributed by atoms with Crippen molar-refractivity contribution < 1.29 is 37.8 Å². The van der Waals surface area contributed by atoms with Crippen LogP contribution in [0, 0.1) is 13.8 Å². The lowest BCUT2D eigenvalue weighted by atomic mass is 10.0. The van der Waals surface area contributed by atoms with E-state index in [1.54, 1.807) is 48.8 Å². The number of allylic oxidation sites excluding steroid dienone is 2. The predicted molar refractivity (Wildman–Crippen MR) is 200 cm³/mol. The van der Waals surface area contributed by atoms with Gasteiger partial charge in [0.05, 0.1) is 59.0 Å². The summed E-state index contributed by atoms with van der Waals surface area (Å²) in [5.41, 5.74) is 8.83. The molecular weight excluding hydrogens is 692 g/mol. The standard InChI is InChI=1S/C21H22N4O3.C19H18N2O5/c1-5-24-14(4)20(13(3)23-24)17-11-22-25-8-7-15(9-18(17)25)19-10-16(12-28-19)21(26)27-6-2;1-4-25-19(24)14-8-17(26-10-14)13-5-6-21-16(7-13)15(9-20-21)18(11(2)22)12(3)23/h7-12H,5-6H2,1-4H3;5-10,22H,4H2,1-3H3/b;18-11+. The van der Waals surface area contributed by atoms with Crippen LogP contribution in [0.25, 0.3) is 50.4 Å². The van der Waals surface area contributed by atoms with Gasteiger partial charge in [0.1, 0.15) is 29.8 Å². The third kappa shape index (κ3) is 7.18. The van der Waals surface area contributed by atoms with Gasteiger partial charge >= 0.3 is 11.9 Å².